The Labute approximate surface area is 214 Å². The van der Waals surface area contributed by atoms with E-state index >= 15 is 0 Å². The van der Waals surface area contributed by atoms with Crippen molar-refractivity contribution in [1.82, 2.24) is 4.90 Å². The van der Waals surface area contributed by atoms with Crippen LogP contribution in [-0.4, -0.2) is 49.1 Å². The molecule has 2 aliphatic rings. The van der Waals surface area contributed by atoms with Gasteiger partial charge in [-0.25, -0.2) is 4.99 Å². The third kappa shape index (κ3) is 6.93. The summed E-state index contributed by atoms with van der Waals surface area (Å²) in [6, 6.07) is 13.0. The van der Waals surface area contributed by atoms with Crippen molar-refractivity contribution in [3.8, 4) is 0 Å². The van der Waals surface area contributed by atoms with Crippen LogP contribution < -0.4 is 10.6 Å². The third-order valence-electron chi connectivity index (χ3n) is 6.81. The molecule has 2 unspecified atom stereocenters. The second kappa shape index (κ2) is 11.2. The van der Waals surface area contributed by atoms with Gasteiger partial charge in [0, 0.05) is 48.0 Å². The Morgan fingerprint density at radius 3 is 2.37 bits per heavy atom. The van der Waals surface area contributed by atoms with E-state index in [2.05, 4.69) is 14.8 Å². The van der Waals surface area contributed by atoms with Gasteiger partial charge in [-0.15, -0.1) is 0 Å². The van der Waals surface area contributed by atoms with Crippen LogP contribution in [0.15, 0.2) is 53.5 Å². The van der Waals surface area contributed by atoms with Gasteiger partial charge in [-0.05, 0) is 73.4 Å². The van der Waals surface area contributed by atoms with Crippen molar-refractivity contribution >= 4 is 46.5 Å². The minimum absolute atomic E-state index is 0.0219. The van der Waals surface area contributed by atoms with Crippen LogP contribution >= 0.6 is 23.2 Å². The molecule has 0 spiro atoms. The summed E-state index contributed by atoms with van der Waals surface area (Å²) in [7, 11) is 0. The quantitative estimate of drug-likeness (QED) is 0.340. The van der Waals surface area contributed by atoms with Crippen LogP contribution in [0.25, 0.3) is 6.08 Å². The Balaban J connectivity index is 1.33. The molecular weight excluding hydrogens is 496 g/mol. The van der Waals surface area contributed by atoms with E-state index in [4.69, 9.17) is 28.9 Å². The second-order valence-electron chi connectivity index (χ2n) is 9.13. The van der Waals surface area contributed by atoms with Crippen molar-refractivity contribution < 1.29 is 13.2 Å². The molecule has 1 saturated heterocycles. The first-order valence-corrected chi connectivity index (χ1v) is 12.6. The van der Waals surface area contributed by atoms with Crippen molar-refractivity contribution in [2.24, 2.45) is 16.6 Å². The van der Waals surface area contributed by atoms with Crippen molar-refractivity contribution in [3.05, 3.63) is 64.1 Å². The number of alkyl halides is 3. The second-order valence-corrected chi connectivity index (χ2v) is 9.98. The smallest absolute Gasteiger partial charge is 0.384 e. The van der Waals surface area contributed by atoms with Gasteiger partial charge in [0.1, 0.15) is 5.84 Å². The van der Waals surface area contributed by atoms with Gasteiger partial charge in [0.05, 0.1) is 11.6 Å². The van der Waals surface area contributed by atoms with Crippen LogP contribution in [0.4, 0.5) is 24.5 Å². The van der Waals surface area contributed by atoms with E-state index in [0.717, 1.165) is 43.9 Å². The maximum Gasteiger partial charge on any atom is 0.391 e. The van der Waals surface area contributed by atoms with Gasteiger partial charge in [0.2, 0.25) is 0 Å². The monoisotopic (exact) mass is 524 g/mol. The van der Waals surface area contributed by atoms with Crippen LogP contribution in [0.1, 0.15) is 31.2 Å². The maximum absolute atomic E-state index is 13.2. The fourth-order valence-corrected chi connectivity index (χ4v) is 5.23. The number of benzene rings is 2. The van der Waals surface area contributed by atoms with Gasteiger partial charge < -0.3 is 10.6 Å². The SMILES string of the molecule is NC(C=Cc1ccc(N2CCN(C3CCCC(C(F)(F)F)C3)CC2)cc1Cl)=Nc1ccc(Cl)cc1. The molecule has 2 atom stereocenters. The minimum Gasteiger partial charge on any atom is -0.384 e. The van der Waals surface area contributed by atoms with Gasteiger partial charge >= 0.3 is 6.18 Å². The first kappa shape index (κ1) is 25.9. The van der Waals surface area contributed by atoms with Crippen LogP contribution in [0.3, 0.4) is 0 Å². The summed E-state index contributed by atoms with van der Waals surface area (Å²) in [4.78, 5) is 8.79. The summed E-state index contributed by atoms with van der Waals surface area (Å²) in [5.74, 6) is -0.817. The number of piperazine rings is 1. The van der Waals surface area contributed by atoms with Crippen molar-refractivity contribution in [3.63, 3.8) is 0 Å². The maximum atomic E-state index is 13.2. The van der Waals surface area contributed by atoms with Gasteiger partial charge in [0.25, 0.3) is 0 Å². The van der Waals surface area contributed by atoms with Crippen molar-refractivity contribution in [2.45, 2.75) is 37.9 Å². The highest BCUT2D eigenvalue weighted by molar-refractivity contribution is 6.32. The lowest BCUT2D eigenvalue weighted by Gasteiger charge is -2.43. The molecule has 188 valence electrons. The van der Waals surface area contributed by atoms with Gasteiger partial charge in [0.15, 0.2) is 0 Å². The van der Waals surface area contributed by atoms with Gasteiger partial charge in [-0.2, -0.15) is 13.2 Å². The van der Waals surface area contributed by atoms with Crippen molar-refractivity contribution in [2.75, 3.05) is 31.1 Å². The van der Waals surface area contributed by atoms with E-state index in [1.807, 2.05) is 24.3 Å². The number of hydrogen-bond acceptors (Lipinski definition) is 3. The van der Waals surface area contributed by atoms with Crippen LogP contribution in [0.5, 0.6) is 0 Å². The molecule has 9 heteroatoms. The number of hydrogen-bond donors (Lipinski definition) is 1. The largest absolute Gasteiger partial charge is 0.391 e. The number of rotatable bonds is 5. The zero-order valence-corrected chi connectivity index (χ0v) is 20.8. The third-order valence-corrected chi connectivity index (χ3v) is 7.39. The Morgan fingerprint density at radius 1 is 1.00 bits per heavy atom. The van der Waals surface area contributed by atoms with Crippen LogP contribution in [0.2, 0.25) is 10.0 Å². The molecule has 2 aromatic carbocycles. The number of nitrogens with zero attached hydrogens (tertiary/aromatic N) is 3. The van der Waals surface area contributed by atoms with Gasteiger partial charge in [-0.3, -0.25) is 4.90 Å². The highest BCUT2D eigenvalue weighted by atomic mass is 35.5. The minimum atomic E-state index is -4.08. The van der Waals surface area contributed by atoms with E-state index in [1.165, 1.54) is 0 Å². The standard InChI is InChI=1S/C26H29Cl2F3N4/c27-20-6-8-21(9-7-20)33-25(32)11-5-18-4-10-23(17-24(18)28)35-14-12-34(13-15-35)22-3-1-2-19(16-22)26(29,30)31/h4-11,17,19,22H,1-3,12-16H2,(H2,32,33). The van der Waals surface area contributed by atoms with Crippen molar-refractivity contribution in [1.29, 1.82) is 0 Å². The van der Waals surface area contributed by atoms with Crippen LogP contribution in [-0.2, 0) is 0 Å². The lowest BCUT2D eigenvalue weighted by molar-refractivity contribution is -0.186. The zero-order chi connectivity index (χ0) is 25.0. The number of halogens is 5. The van der Waals surface area contributed by atoms with Gasteiger partial charge in [-0.1, -0.05) is 35.7 Å². The molecule has 1 aliphatic heterocycles. The molecule has 2 N–H and O–H groups in total. The van der Waals surface area contributed by atoms with E-state index < -0.39 is 12.1 Å². The molecule has 0 bridgehead atoms. The number of anilines is 1. The highest BCUT2D eigenvalue weighted by Gasteiger charge is 2.43. The Morgan fingerprint density at radius 2 is 1.71 bits per heavy atom. The molecule has 2 aromatic rings. The van der Waals surface area contributed by atoms with E-state index in [9.17, 15) is 13.2 Å². The fourth-order valence-electron chi connectivity index (χ4n) is 4.86. The number of amidine groups is 1. The topological polar surface area (TPSA) is 44.9 Å². The molecule has 2 fully saturated rings. The Bertz CT molecular complexity index is 1060. The van der Waals surface area contributed by atoms with Crippen LogP contribution in [0, 0.1) is 5.92 Å². The predicted molar refractivity (Wildman–Crippen MR) is 139 cm³/mol. The predicted octanol–water partition coefficient (Wildman–Crippen LogP) is 6.94. The summed E-state index contributed by atoms with van der Waals surface area (Å²) in [5.41, 5.74) is 8.54. The van der Waals surface area contributed by atoms with E-state index in [-0.39, 0.29) is 18.9 Å². The number of nitrogens with two attached hydrogens (primary N) is 1. The first-order chi connectivity index (χ1) is 16.7. The average Bonchev–Trinajstić information content (AvgIpc) is 2.84. The summed E-state index contributed by atoms with van der Waals surface area (Å²) in [6.07, 6.45) is 1.42. The molecule has 1 saturated carbocycles. The molecule has 0 amide bonds. The number of aliphatic imine (C=N–C) groups is 1. The summed E-state index contributed by atoms with van der Waals surface area (Å²) in [5, 5.41) is 1.23. The molecule has 0 aromatic heterocycles. The molecule has 1 aliphatic carbocycles. The molecule has 1 heterocycles. The van der Waals surface area contributed by atoms with E-state index in [1.54, 1.807) is 30.3 Å². The summed E-state index contributed by atoms with van der Waals surface area (Å²) < 4.78 is 39.6. The molecule has 4 rings (SSSR count). The molecule has 35 heavy (non-hydrogen) atoms. The zero-order valence-electron chi connectivity index (χ0n) is 19.3. The Kier molecular flexibility index (Phi) is 8.30. The fraction of sp³-hybridized carbons (Fsp3) is 0.423. The summed E-state index contributed by atoms with van der Waals surface area (Å²) >= 11 is 12.4. The molecule has 4 nitrogen and oxygen atoms in total. The van der Waals surface area contributed by atoms with E-state index in [0.29, 0.717) is 28.0 Å². The summed E-state index contributed by atoms with van der Waals surface area (Å²) in [6.45, 7) is 3.04. The molecular formula is C26H29Cl2F3N4. The lowest BCUT2D eigenvalue weighted by atomic mass is 9.84. The Hall–Kier alpha value is -2.22. The first-order valence-electron chi connectivity index (χ1n) is 11.8. The highest BCUT2D eigenvalue weighted by Crippen LogP contribution is 2.39. The normalized spacial score (nSPS) is 22.7. The average molecular weight is 525 g/mol. The molecule has 0 radical (unpaired) electrons. The lowest BCUT2D eigenvalue weighted by Crippen LogP contribution is -2.52.